The number of likely N-dealkylation sites (tertiary alicyclic amines) is 1. The number of carbonyl (C=O) groups is 2. The average molecular weight is 434 g/mol. The molecule has 0 spiro atoms. The summed E-state index contributed by atoms with van der Waals surface area (Å²) in [5, 5.41) is 2.74. The first-order valence-corrected chi connectivity index (χ1v) is 11.0. The van der Waals surface area contributed by atoms with Gasteiger partial charge in [0.25, 0.3) is 0 Å². The zero-order valence-corrected chi connectivity index (χ0v) is 18.3. The van der Waals surface area contributed by atoms with Gasteiger partial charge in [0, 0.05) is 12.5 Å². The number of nitrogens with one attached hydrogen (secondary N) is 1. The van der Waals surface area contributed by atoms with E-state index >= 15 is 0 Å². The number of carbonyl (C=O) groups excluding carboxylic acids is 3. The van der Waals surface area contributed by atoms with Gasteiger partial charge in [0.15, 0.2) is 0 Å². The zero-order valence-electron chi connectivity index (χ0n) is 18.3. The second kappa shape index (κ2) is 9.37. The van der Waals surface area contributed by atoms with Gasteiger partial charge < -0.3 is 15.0 Å². The molecule has 2 atom stereocenters. The Labute approximate surface area is 187 Å². The lowest BCUT2D eigenvalue weighted by molar-refractivity contribution is -0.135. The molecule has 1 N–H and O–H groups in total. The number of alkyl carbamates (subject to hydrolysis) is 1. The summed E-state index contributed by atoms with van der Waals surface area (Å²) < 4.78 is 5.60. The van der Waals surface area contributed by atoms with Crippen LogP contribution in [-0.2, 0) is 14.3 Å². The van der Waals surface area contributed by atoms with Crippen LogP contribution in [0.3, 0.4) is 0 Å². The molecule has 4 rings (SSSR count). The summed E-state index contributed by atoms with van der Waals surface area (Å²) in [6.45, 7) is 4.41. The van der Waals surface area contributed by atoms with Crippen LogP contribution in [0.1, 0.15) is 43.7 Å². The molecule has 1 aliphatic heterocycles. The van der Waals surface area contributed by atoms with Gasteiger partial charge in [-0.05, 0) is 41.0 Å². The predicted molar refractivity (Wildman–Crippen MR) is 120 cm³/mol. The van der Waals surface area contributed by atoms with E-state index in [1.165, 1.54) is 0 Å². The van der Waals surface area contributed by atoms with Crippen LogP contribution in [-0.4, -0.2) is 48.3 Å². The summed E-state index contributed by atoms with van der Waals surface area (Å²) in [5.74, 6) is -0.453. The third-order valence-corrected chi connectivity index (χ3v) is 6.26. The van der Waals surface area contributed by atoms with E-state index in [-0.39, 0.29) is 24.3 Å². The normalized spacial score (nSPS) is 18.0. The van der Waals surface area contributed by atoms with E-state index < -0.39 is 18.3 Å². The second-order valence-electron chi connectivity index (χ2n) is 8.57. The maximum atomic E-state index is 13.1. The molecule has 166 valence electrons. The maximum absolute atomic E-state index is 13.1. The van der Waals surface area contributed by atoms with Crippen molar-refractivity contribution in [3.8, 4) is 11.1 Å². The van der Waals surface area contributed by atoms with Gasteiger partial charge in [-0.1, -0.05) is 62.4 Å². The summed E-state index contributed by atoms with van der Waals surface area (Å²) in [4.78, 5) is 41.7. The molecule has 0 radical (unpaired) electrons. The molecule has 2 aromatic carbocycles. The van der Waals surface area contributed by atoms with Crippen molar-refractivity contribution in [1.29, 1.82) is 0 Å². The molecule has 0 unspecified atom stereocenters. The molecule has 7 heteroatoms. The highest BCUT2D eigenvalue weighted by atomic mass is 16.5. The third kappa shape index (κ3) is 4.16. The molecule has 1 aliphatic carbocycles. The molecule has 1 heterocycles. The molecule has 2 amide bonds. The van der Waals surface area contributed by atoms with E-state index in [4.69, 9.17) is 4.74 Å². The number of hydrogen-bond donors (Lipinski definition) is 1. The van der Waals surface area contributed by atoms with E-state index in [0.29, 0.717) is 13.0 Å². The number of ether oxygens (including phenoxy) is 1. The van der Waals surface area contributed by atoms with Crippen molar-refractivity contribution in [3.63, 3.8) is 0 Å². The minimum atomic E-state index is -0.756. The van der Waals surface area contributed by atoms with Crippen molar-refractivity contribution in [1.82, 2.24) is 10.2 Å². The van der Waals surface area contributed by atoms with Crippen molar-refractivity contribution in [2.24, 2.45) is 10.9 Å². The van der Waals surface area contributed by atoms with E-state index in [2.05, 4.69) is 34.6 Å². The third-order valence-electron chi connectivity index (χ3n) is 6.26. The van der Waals surface area contributed by atoms with Crippen LogP contribution in [0.25, 0.3) is 11.1 Å². The molecule has 0 aromatic heterocycles. The summed E-state index contributed by atoms with van der Waals surface area (Å²) in [6, 6.07) is 15.5. The first-order valence-electron chi connectivity index (χ1n) is 11.0. The summed E-state index contributed by atoms with van der Waals surface area (Å²) >= 11 is 0. The summed E-state index contributed by atoms with van der Waals surface area (Å²) in [7, 11) is 0. The lowest BCUT2D eigenvalue weighted by atomic mass is 9.98. The Morgan fingerprint density at radius 2 is 1.75 bits per heavy atom. The molecule has 2 aliphatic rings. The van der Waals surface area contributed by atoms with Gasteiger partial charge in [-0.2, -0.15) is 4.99 Å². The zero-order chi connectivity index (χ0) is 22.7. The molecule has 1 fully saturated rings. The molecular weight excluding hydrogens is 406 g/mol. The van der Waals surface area contributed by atoms with Crippen molar-refractivity contribution >= 4 is 18.1 Å². The number of hydrogen-bond acceptors (Lipinski definition) is 5. The fourth-order valence-electron chi connectivity index (χ4n) is 4.66. The predicted octanol–water partition coefficient (Wildman–Crippen LogP) is 3.83. The largest absolute Gasteiger partial charge is 0.449 e. The highest BCUT2D eigenvalue weighted by molar-refractivity contribution is 5.86. The first kappa shape index (κ1) is 21.8. The fourth-order valence-corrected chi connectivity index (χ4v) is 4.66. The van der Waals surface area contributed by atoms with Gasteiger partial charge in [0.05, 0.1) is 0 Å². The topological polar surface area (TPSA) is 88.1 Å². The van der Waals surface area contributed by atoms with Crippen LogP contribution >= 0.6 is 0 Å². The maximum Gasteiger partial charge on any atom is 0.407 e. The Morgan fingerprint density at radius 3 is 2.34 bits per heavy atom. The molecule has 32 heavy (non-hydrogen) atoms. The SMILES string of the molecule is CC(C)[C@H](NC(=O)OCC1c2ccccc2-c2ccccc21)C(=O)N1CCC[C@H]1N=C=O. The fraction of sp³-hybridized carbons (Fsp3) is 0.400. The van der Waals surface area contributed by atoms with Crippen molar-refractivity contribution in [2.75, 3.05) is 13.2 Å². The molecule has 7 nitrogen and oxygen atoms in total. The van der Waals surface area contributed by atoms with Crippen LogP contribution in [0.2, 0.25) is 0 Å². The van der Waals surface area contributed by atoms with Crippen LogP contribution in [0, 0.1) is 5.92 Å². The number of aliphatic imine (C=N–C) groups is 1. The Balaban J connectivity index is 1.44. The van der Waals surface area contributed by atoms with Crippen LogP contribution in [0.15, 0.2) is 53.5 Å². The highest BCUT2D eigenvalue weighted by Gasteiger charge is 2.36. The smallest absolute Gasteiger partial charge is 0.407 e. The first-order chi connectivity index (χ1) is 15.5. The van der Waals surface area contributed by atoms with Gasteiger partial charge in [0.2, 0.25) is 12.0 Å². The molecule has 0 bridgehead atoms. The average Bonchev–Trinajstić information content (AvgIpc) is 3.38. The molecule has 2 aromatic rings. The van der Waals surface area contributed by atoms with E-state index in [9.17, 15) is 14.4 Å². The molecule has 1 saturated heterocycles. The van der Waals surface area contributed by atoms with Crippen LogP contribution in [0.5, 0.6) is 0 Å². The van der Waals surface area contributed by atoms with E-state index in [0.717, 1.165) is 28.7 Å². The number of nitrogens with zero attached hydrogens (tertiary/aromatic N) is 2. The number of fused-ring (bicyclic) bond motifs is 3. The van der Waals surface area contributed by atoms with Crippen molar-refractivity contribution in [2.45, 2.75) is 44.8 Å². The number of amides is 2. The van der Waals surface area contributed by atoms with Gasteiger partial charge in [0.1, 0.15) is 18.8 Å². The van der Waals surface area contributed by atoms with Gasteiger partial charge >= 0.3 is 6.09 Å². The minimum absolute atomic E-state index is 0.0498. The standard InChI is InChI=1S/C25H27N3O4/c1-16(2)23(24(30)28-13-7-12-22(28)26-15-29)27-25(31)32-14-21-19-10-5-3-8-17(19)18-9-4-6-11-20(18)21/h3-6,8-11,16,21-23H,7,12-14H2,1-2H3,(H,27,31)/t22-,23-/m0/s1. The Hall–Kier alpha value is -3.44. The quantitative estimate of drug-likeness (QED) is 0.554. The summed E-state index contributed by atoms with van der Waals surface area (Å²) in [6.07, 6.45) is 1.78. The van der Waals surface area contributed by atoms with Crippen molar-refractivity contribution < 1.29 is 19.1 Å². The van der Waals surface area contributed by atoms with Gasteiger partial charge in [-0.15, -0.1) is 0 Å². The Bertz CT molecular complexity index is 1020. The summed E-state index contributed by atoms with van der Waals surface area (Å²) in [5.41, 5.74) is 4.57. The van der Waals surface area contributed by atoms with Crippen LogP contribution < -0.4 is 5.32 Å². The van der Waals surface area contributed by atoms with Gasteiger partial charge in [-0.3, -0.25) is 4.79 Å². The Kier molecular flexibility index (Phi) is 6.37. The number of rotatable bonds is 6. The lowest BCUT2D eigenvalue weighted by Gasteiger charge is -2.28. The number of benzene rings is 2. The monoisotopic (exact) mass is 433 g/mol. The van der Waals surface area contributed by atoms with Crippen LogP contribution in [0.4, 0.5) is 4.79 Å². The van der Waals surface area contributed by atoms with Gasteiger partial charge in [-0.25, -0.2) is 9.59 Å². The second-order valence-corrected chi connectivity index (χ2v) is 8.57. The highest BCUT2D eigenvalue weighted by Crippen LogP contribution is 2.44. The van der Waals surface area contributed by atoms with Crippen molar-refractivity contribution in [3.05, 3.63) is 59.7 Å². The number of isocyanates is 1. The molecular formula is C25H27N3O4. The minimum Gasteiger partial charge on any atom is -0.449 e. The lowest BCUT2D eigenvalue weighted by Crippen LogP contribution is -2.52. The van der Waals surface area contributed by atoms with E-state index in [1.807, 2.05) is 38.1 Å². The van der Waals surface area contributed by atoms with E-state index in [1.54, 1.807) is 11.0 Å². The molecule has 0 saturated carbocycles. The Morgan fingerprint density at radius 1 is 1.12 bits per heavy atom.